The highest BCUT2D eigenvalue weighted by Gasteiger charge is 2.19. The highest BCUT2D eigenvalue weighted by atomic mass is 31.2. The molecule has 1 atom stereocenters. The third-order valence-electron chi connectivity index (χ3n) is 8.16. The Morgan fingerprint density at radius 1 is 0.415 bits per heavy atom. The maximum atomic E-state index is 12.0. The molecule has 5 heteroatoms. The molecule has 0 saturated heterocycles. The van der Waals surface area contributed by atoms with Crippen molar-refractivity contribution in [1.82, 2.24) is 0 Å². The zero-order valence-corrected chi connectivity index (χ0v) is 28.8. The second-order valence-electron chi connectivity index (χ2n) is 12.4. The van der Waals surface area contributed by atoms with E-state index in [0.29, 0.717) is 13.2 Å². The first-order valence-corrected chi connectivity index (χ1v) is 19.9. The molecule has 0 aromatic rings. The van der Waals surface area contributed by atoms with E-state index in [2.05, 4.69) is 26.0 Å². The monoisotopic (exact) mass is 601 g/mol. The number of phosphoric acid groups is 1. The maximum Gasteiger partial charge on any atom is 0.472 e. The van der Waals surface area contributed by atoms with Crippen LogP contribution < -0.4 is 0 Å². The second kappa shape index (κ2) is 34.3. The van der Waals surface area contributed by atoms with Crippen molar-refractivity contribution < 1.29 is 18.5 Å². The van der Waals surface area contributed by atoms with E-state index in [0.717, 1.165) is 25.7 Å². The highest BCUT2D eigenvalue weighted by molar-refractivity contribution is 7.47. The lowest BCUT2D eigenvalue weighted by molar-refractivity contribution is 0.145. The van der Waals surface area contributed by atoms with Crippen molar-refractivity contribution in [1.29, 1.82) is 0 Å². The summed E-state index contributed by atoms with van der Waals surface area (Å²) in [5.74, 6) is 0. The summed E-state index contributed by atoms with van der Waals surface area (Å²) in [5, 5.41) is 0. The average molecular weight is 601 g/mol. The molecule has 1 unspecified atom stereocenters. The number of phosphoric ester groups is 1. The molecule has 0 aliphatic rings. The van der Waals surface area contributed by atoms with Gasteiger partial charge >= 0.3 is 7.82 Å². The van der Waals surface area contributed by atoms with Crippen molar-refractivity contribution in [2.75, 3.05) is 13.2 Å². The molecule has 1 N–H and O–H groups in total. The molecule has 0 rings (SSSR count). The van der Waals surface area contributed by atoms with Gasteiger partial charge in [0.25, 0.3) is 0 Å². The van der Waals surface area contributed by atoms with Gasteiger partial charge in [0.1, 0.15) is 0 Å². The van der Waals surface area contributed by atoms with E-state index in [1.54, 1.807) is 0 Å². The molecule has 0 radical (unpaired) electrons. The summed E-state index contributed by atoms with van der Waals surface area (Å²) in [4.78, 5) is 9.87. The van der Waals surface area contributed by atoms with Crippen LogP contribution in [0.5, 0.6) is 0 Å². The fourth-order valence-electron chi connectivity index (χ4n) is 5.40. The number of rotatable bonds is 35. The minimum Gasteiger partial charge on any atom is -0.302 e. The van der Waals surface area contributed by atoms with E-state index >= 15 is 0 Å². The third-order valence-corrected chi connectivity index (χ3v) is 9.18. The van der Waals surface area contributed by atoms with Crippen LogP contribution in [0.25, 0.3) is 0 Å². The molecule has 0 amide bonds. The summed E-state index contributed by atoms with van der Waals surface area (Å²) >= 11 is 0. The van der Waals surface area contributed by atoms with Gasteiger partial charge in [-0.15, -0.1) is 0 Å². The Morgan fingerprint density at radius 2 is 0.659 bits per heavy atom. The largest absolute Gasteiger partial charge is 0.472 e. The van der Waals surface area contributed by atoms with Crippen LogP contribution >= 0.6 is 7.82 Å². The van der Waals surface area contributed by atoms with E-state index < -0.39 is 7.82 Å². The lowest BCUT2D eigenvalue weighted by atomic mass is 10.0. The summed E-state index contributed by atoms with van der Waals surface area (Å²) in [6.07, 6.45) is 43.3. The van der Waals surface area contributed by atoms with E-state index in [1.165, 1.54) is 167 Å². The van der Waals surface area contributed by atoms with Gasteiger partial charge in [0.05, 0.1) is 13.2 Å². The zero-order chi connectivity index (χ0) is 30.0. The van der Waals surface area contributed by atoms with E-state index in [9.17, 15) is 9.46 Å². The van der Waals surface area contributed by atoms with Crippen molar-refractivity contribution >= 4 is 7.82 Å². The van der Waals surface area contributed by atoms with Crippen LogP contribution in [0.4, 0.5) is 0 Å². The van der Waals surface area contributed by atoms with Crippen LogP contribution in [0.3, 0.4) is 0 Å². The van der Waals surface area contributed by atoms with Crippen molar-refractivity contribution in [3.05, 3.63) is 12.2 Å². The van der Waals surface area contributed by atoms with E-state index in [-0.39, 0.29) is 0 Å². The molecule has 0 heterocycles. The summed E-state index contributed by atoms with van der Waals surface area (Å²) in [7, 11) is -3.88. The SMILES string of the molecule is CCCCCCCCC=CCCCCCCCCOP(=O)(O)OCCCCCCCCCCCCCCCCCC. The Kier molecular flexibility index (Phi) is 34.2. The Bertz CT molecular complexity index is 566. The quantitative estimate of drug-likeness (QED) is 0.0446. The smallest absolute Gasteiger partial charge is 0.302 e. The minimum absolute atomic E-state index is 0.313. The maximum absolute atomic E-state index is 12.0. The molecule has 0 aromatic heterocycles. The Labute approximate surface area is 257 Å². The Hall–Kier alpha value is -0.150. The van der Waals surface area contributed by atoms with Gasteiger partial charge < -0.3 is 4.89 Å². The van der Waals surface area contributed by atoms with Gasteiger partial charge in [-0.05, 0) is 38.5 Å². The molecule has 246 valence electrons. The molecule has 0 bridgehead atoms. The second-order valence-corrected chi connectivity index (χ2v) is 13.8. The Morgan fingerprint density at radius 3 is 0.951 bits per heavy atom. The predicted molar refractivity (Wildman–Crippen MR) is 181 cm³/mol. The average Bonchev–Trinajstić information content (AvgIpc) is 2.96. The van der Waals surface area contributed by atoms with Gasteiger partial charge in [0.2, 0.25) is 0 Å². The number of hydrogen-bond donors (Lipinski definition) is 1. The van der Waals surface area contributed by atoms with Crippen molar-refractivity contribution in [3.8, 4) is 0 Å². The van der Waals surface area contributed by atoms with Gasteiger partial charge in [-0.25, -0.2) is 4.57 Å². The normalized spacial score (nSPS) is 13.3. The topological polar surface area (TPSA) is 55.8 Å². The lowest BCUT2D eigenvalue weighted by Crippen LogP contribution is -1.99. The van der Waals surface area contributed by atoms with Crippen molar-refractivity contribution in [2.24, 2.45) is 0 Å². The van der Waals surface area contributed by atoms with Crippen LogP contribution in [0.1, 0.15) is 206 Å². The summed E-state index contributed by atoms with van der Waals surface area (Å²) in [6.45, 7) is 5.18. The van der Waals surface area contributed by atoms with Gasteiger partial charge in [0.15, 0.2) is 0 Å². The van der Waals surface area contributed by atoms with Crippen LogP contribution in [-0.2, 0) is 13.6 Å². The van der Waals surface area contributed by atoms with Crippen LogP contribution in [0, 0.1) is 0 Å². The number of allylic oxidation sites excluding steroid dienone is 2. The molecule has 0 spiro atoms. The third kappa shape index (κ3) is 36.0. The van der Waals surface area contributed by atoms with Crippen molar-refractivity contribution in [2.45, 2.75) is 206 Å². The highest BCUT2D eigenvalue weighted by Crippen LogP contribution is 2.43. The summed E-state index contributed by atoms with van der Waals surface area (Å²) < 4.78 is 22.4. The van der Waals surface area contributed by atoms with Crippen molar-refractivity contribution in [3.63, 3.8) is 0 Å². The fourth-order valence-corrected chi connectivity index (χ4v) is 6.19. The molecule has 0 fully saturated rings. The predicted octanol–water partition coefficient (Wildman–Crippen LogP) is 13.4. The van der Waals surface area contributed by atoms with Crippen LogP contribution in [0.2, 0.25) is 0 Å². The minimum atomic E-state index is -3.88. The summed E-state index contributed by atoms with van der Waals surface area (Å²) in [6, 6.07) is 0. The molecule has 4 nitrogen and oxygen atoms in total. The Balaban J connectivity index is 3.31. The van der Waals surface area contributed by atoms with E-state index in [1.807, 2.05) is 0 Å². The van der Waals surface area contributed by atoms with Gasteiger partial charge in [-0.2, -0.15) is 0 Å². The molecular formula is C36H73O4P. The standard InChI is InChI=1S/C36H73O4P/c1-3-5-7-9-11-13-15-17-19-21-23-25-27-29-31-33-35-39-41(37,38)40-36-34-32-30-28-26-24-22-20-18-16-14-12-10-8-6-4-2/h17,19H,3-16,18,20-36H2,1-2H3,(H,37,38). The lowest BCUT2D eigenvalue weighted by Gasteiger charge is -2.12. The van der Waals surface area contributed by atoms with Crippen LogP contribution in [0.15, 0.2) is 12.2 Å². The van der Waals surface area contributed by atoms with Gasteiger partial charge in [-0.3, -0.25) is 9.05 Å². The van der Waals surface area contributed by atoms with Gasteiger partial charge in [0, 0.05) is 0 Å². The molecular weight excluding hydrogens is 527 g/mol. The number of hydrogen-bond acceptors (Lipinski definition) is 3. The molecule has 41 heavy (non-hydrogen) atoms. The van der Waals surface area contributed by atoms with E-state index in [4.69, 9.17) is 9.05 Å². The zero-order valence-electron chi connectivity index (χ0n) is 27.9. The van der Waals surface area contributed by atoms with Gasteiger partial charge in [-0.1, -0.05) is 180 Å². The van der Waals surface area contributed by atoms with Crippen LogP contribution in [-0.4, -0.2) is 18.1 Å². The molecule has 0 aliphatic heterocycles. The first-order valence-electron chi connectivity index (χ1n) is 18.4. The summed E-state index contributed by atoms with van der Waals surface area (Å²) in [5.41, 5.74) is 0. The number of unbranched alkanes of at least 4 members (excludes halogenated alkanes) is 27. The molecule has 0 saturated carbocycles. The molecule has 0 aliphatic carbocycles. The first kappa shape index (κ1) is 40.9. The molecule has 0 aromatic carbocycles. The first-order chi connectivity index (χ1) is 20.1. The fraction of sp³-hybridized carbons (Fsp3) is 0.944.